The van der Waals surface area contributed by atoms with Gasteiger partial charge in [0.05, 0.1) is 0 Å². The standard InChI is InChI=1S/C11H27N3O2S/c1-4-5-6-7-10-13-17(15,16)14(3)11-8-9-12-2/h12-13H,4-11H2,1-3H3. The van der Waals surface area contributed by atoms with Gasteiger partial charge in [-0.1, -0.05) is 26.2 Å². The second-order valence-corrected chi connectivity index (χ2v) is 6.10. The van der Waals surface area contributed by atoms with Crippen LogP contribution in [0.1, 0.15) is 39.0 Å². The maximum absolute atomic E-state index is 11.8. The van der Waals surface area contributed by atoms with Gasteiger partial charge in [0, 0.05) is 20.1 Å². The molecule has 0 atom stereocenters. The first-order valence-corrected chi connectivity index (χ1v) is 7.84. The third-order valence-corrected chi connectivity index (χ3v) is 4.20. The van der Waals surface area contributed by atoms with Gasteiger partial charge >= 0.3 is 0 Å². The maximum Gasteiger partial charge on any atom is 0.279 e. The third-order valence-electron chi connectivity index (χ3n) is 2.62. The molecule has 0 spiro atoms. The molecule has 0 saturated heterocycles. The highest BCUT2D eigenvalue weighted by Gasteiger charge is 2.15. The predicted octanol–water partition coefficient (Wildman–Crippen LogP) is 0.942. The first-order valence-electron chi connectivity index (χ1n) is 6.40. The van der Waals surface area contributed by atoms with Crippen molar-refractivity contribution in [1.82, 2.24) is 14.3 Å². The number of nitrogens with zero attached hydrogens (tertiary/aromatic N) is 1. The van der Waals surface area contributed by atoms with Gasteiger partial charge in [0.15, 0.2) is 0 Å². The quantitative estimate of drug-likeness (QED) is 0.547. The van der Waals surface area contributed by atoms with Crippen LogP contribution in [-0.2, 0) is 10.2 Å². The molecule has 0 aliphatic rings. The Morgan fingerprint density at radius 3 is 2.35 bits per heavy atom. The smallest absolute Gasteiger partial charge is 0.279 e. The van der Waals surface area contributed by atoms with Crippen molar-refractivity contribution in [2.24, 2.45) is 0 Å². The van der Waals surface area contributed by atoms with Crippen LogP contribution in [0.15, 0.2) is 0 Å². The highest BCUT2D eigenvalue weighted by atomic mass is 32.2. The van der Waals surface area contributed by atoms with Crippen LogP contribution in [0.4, 0.5) is 0 Å². The molecule has 17 heavy (non-hydrogen) atoms. The summed E-state index contributed by atoms with van der Waals surface area (Å²) in [5.41, 5.74) is 0. The normalized spacial score (nSPS) is 12.2. The molecule has 0 aliphatic heterocycles. The van der Waals surface area contributed by atoms with E-state index in [1.807, 2.05) is 7.05 Å². The summed E-state index contributed by atoms with van der Waals surface area (Å²) < 4.78 is 27.5. The Balaban J connectivity index is 3.77. The fourth-order valence-corrected chi connectivity index (χ4v) is 2.45. The minimum absolute atomic E-state index is 0.540. The summed E-state index contributed by atoms with van der Waals surface area (Å²) in [7, 11) is 0.204. The Morgan fingerprint density at radius 2 is 1.76 bits per heavy atom. The van der Waals surface area contributed by atoms with Crippen LogP contribution in [0.5, 0.6) is 0 Å². The molecule has 0 fully saturated rings. The Hall–Kier alpha value is -0.170. The maximum atomic E-state index is 11.8. The minimum Gasteiger partial charge on any atom is -0.320 e. The zero-order chi connectivity index (χ0) is 13.1. The Bertz CT molecular complexity index is 268. The van der Waals surface area contributed by atoms with Crippen LogP contribution in [0, 0.1) is 0 Å². The number of nitrogens with one attached hydrogen (secondary N) is 2. The third kappa shape index (κ3) is 8.54. The van der Waals surface area contributed by atoms with Gasteiger partial charge < -0.3 is 5.32 Å². The highest BCUT2D eigenvalue weighted by molar-refractivity contribution is 7.87. The SMILES string of the molecule is CCCCCCNS(=O)(=O)N(C)CCCNC. The van der Waals surface area contributed by atoms with Gasteiger partial charge in [-0.2, -0.15) is 12.7 Å². The summed E-state index contributed by atoms with van der Waals surface area (Å²) >= 11 is 0. The van der Waals surface area contributed by atoms with Crippen LogP contribution in [-0.4, -0.2) is 46.5 Å². The van der Waals surface area contributed by atoms with Crippen LogP contribution in [0.2, 0.25) is 0 Å². The second-order valence-electron chi connectivity index (χ2n) is 4.24. The fourth-order valence-electron chi connectivity index (χ4n) is 1.46. The lowest BCUT2D eigenvalue weighted by molar-refractivity contribution is 0.446. The lowest BCUT2D eigenvalue weighted by Crippen LogP contribution is -2.39. The lowest BCUT2D eigenvalue weighted by atomic mass is 10.2. The van der Waals surface area contributed by atoms with Gasteiger partial charge in [0.2, 0.25) is 0 Å². The molecular weight excluding hydrogens is 238 g/mol. The Morgan fingerprint density at radius 1 is 1.06 bits per heavy atom. The van der Waals surface area contributed by atoms with Crippen molar-refractivity contribution in [3.05, 3.63) is 0 Å². The van der Waals surface area contributed by atoms with Crippen molar-refractivity contribution in [2.45, 2.75) is 39.0 Å². The van der Waals surface area contributed by atoms with Crippen LogP contribution in [0.3, 0.4) is 0 Å². The number of unbranched alkanes of at least 4 members (excludes halogenated alkanes) is 3. The Labute approximate surface area is 106 Å². The van der Waals surface area contributed by atoms with Gasteiger partial charge in [0.1, 0.15) is 0 Å². The Kier molecular flexibility index (Phi) is 9.72. The van der Waals surface area contributed by atoms with E-state index in [9.17, 15) is 8.42 Å². The van der Waals surface area contributed by atoms with Gasteiger partial charge in [-0.15, -0.1) is 0 Å². The average molecular weight is 265 g/mol. The van der Waals surface area contributed by atoms with Crippen molar-refractivity contribution >= 4 is 10.2 Å². The first-order chi connectivity index (χ1) is 8.04. The van der Waals surface area contributed by atoms with Crippen LogP contribution in [0.25, 0.3) is 0 Å². The van der Waals surface area contributed by atoms with Crippen LogP contribution >= 0.6 is 0 Å². The molecule has 104 valence electrons. The topological polar surface area (TPSA) is 61.4 Å². The molecule has 0 unspecified atom stereocenters. The van der Waals surface area contributed by atoms with Gasteiger partial charge in [-0.25, -0.2) is 4.72 Å². The molecule has 0 aromatic carbocycles. The first kappa shape index (κ1) is 16.8. The molecule has 0 rings (SSSR count). The van der Waals surface area contributed by atoms with E-state index in [1.165, 1.54) is 10.7 Å². The summed E-state index contributed by atoms with van der Waals surface area (Å²) in [6, 6.07) is 0. The molecule has 0 radical (unpaired) electrons. The molecule has 5 nitrogen and oxygen atoms in total. The van der Waals surface area contributed by atoms with E-state index >= 15 is 0 Å². The monoisotopic (exact) mass is 265 g/mol. The minimum atomic E-state index is -3.27. The summed E-state index contributed by atoms with van der Waals surface area (Å²) in [5.74, 6) is 0. The molecule has 2 N–H and O–H groups in total. The van der Waals surface area contributed by atoms with Crippen molar-refractivity contribution in [3.8, 4) is 0 Å². The zero-order valence-electron chi connectivity index (χ0n) is 11.3. The number of hydrogen-bond acceptors (Lipinski definition) is 3. The van der Waals surface area contributed by atoms with Crippen molar-refractivity contribution in [1.29, 1.82) is 0 Å². The summed E-state index contributed by atoms with van der Waals surface area (Å²) in [6.45, 7) is 4.06. The number of hydrogen-bond donors (Lipinski definition) is 2. The van der Waals surface area contributed by atoms with Gasteiger partial charge in [0.25, 0.3) is 10.2 Å². The molecule has 6 heteroatoms. The summed E-state index contributed by atoms with van der Waals surface area (Å²) in [5, 5.41) is 3.00. The molecule has 0 aliphatic carbocycles. The predicted molar refractivity (Wildman–Crippen MR) is 72.2 cm³/mol. The lowest BCUT2D eigenvalue weighted by Gasteiger charge is -2.17. The molecule has 0 bridgehead atoms. The van der Waals surface area contributed by atoms with Gasteiger partial charge in [-0.3, -0.25) is 0 Å². The average Bonchev–Trinajstić information content (AvgIpc) is 2.29. The van der Waals surface area contributed by atoms with E-state index in [0.29, 0.717) is 13.1 Å². The van der Waals surface area contributed by atoms with E-state index in [-0.39, 0.29) is 0 Å². The molecule has 0 amide bonds. The molecule has 0 aromatic rings. The molecule has 0 aromatic heterocycles. The number of rotatable bonds is 11. The van der Waals surface area contributed by atoms with E-state index in [1.54, 1.807) is 7.05 Å². The van der Waals surface area contributed by atoms with E-state index in [4.69, 9.17) is 0 Å². The van der Waals surface area contributed by atoms with E-state index < -0.39 is 10.2 Å². The van der Waals surface area contributed by atoms with E-state index in [2.05, 4.69) is 17.0 Å². The molecule has 0 heterocycles. The summed E-state index contributed by atoms with van der Waals surface area (Å²) in [4.78, 5) is 0. The highest BCUT2D eigenvalue weighted by Crippen LogP contribution is 1.99. The van der Waals surface area contributed by atoms with Gasteiger partial charge in [-0.05, 0) is 26.4 Å². The van der Waals surface area contributed by atoms with E-state index in [0.717, 1.165) is 32.2 Å². The van der Waals surface area contributed by atoms with Crippen molar-refractivity contribution < 1.29 is 8.42 Å². The van der Waals surface area contributed by atoms with Crippen LogP contribution < -0.4 is 10.0 Å². The molecular formula is C11H27N3O2S. The van der Waals surface area contributed by atoms with Crippen molar-refractivity contribution in [2.75, 3.05) is 33.7 Å². The fraction of sp³-hybridized carbons (Fsp3) is 1.00. The zero-order valence-corrected chi connectivity index (χ0v) is 12.1. The van der Waals surface area contributed by atoms with Crippen molar-refractivity contribution in [3.63, 3.8) is 0 Å². The summed E-state index contributed by atoms with van der Waals surface area (Å²) in [6.07, 6.45) is 5.15. The molecule has 0 saturated carbocycles. The largest absolute Gasteiger partial charge is 0.320 e. The second kappa shape index (κ2) is 9.82.